The molecule has 1 aromatic carbocycles. The van der Waals surface area contributed by atoms with Crippen LogP contribution in [-0.2, 0) is 11.2 Å². The van der Waals surface area contributed by atoms with Crippen molar-refractivity contribution in [1.29, 1.82) is 0 Å². The molecule has 0 aliphatic rings. The zero-order chi connectivity index (χ0) is 11.4. The van der Waals surface area contributed by atoms with E-state index in [-0.39, 0.29) is 5.97 Å². The number of ether oxygens (including phenoxy) is 1. The third-order valence-electron chi connectivity index (χ3n) is 2.27. The lowest BCUT2D eigenvalue weighted by atomic mass is 10.1. The molecule has 3 heteroatoms. The summed E-state index contributed by atoms with van der Waals surface area (Å²) in [6.45, 7) is 0. The molecule has 0 aliphatic heterocycles. The van der Waals surface area contributed by atoms with Crippen molar-refractivity contribution >= 4 is 17.3 Å². The first kappa shape index (κ1) is 10.9. The van der Waals surface area contributed by atoms with Crippen LogP contribution in [0.2, 0.25) is 0 Å². The van der Waals surface area contributed by atoms with Crippen LogP contribution in [0.15, 0.2) is 42.5 Å². The average Bonchev–Trinajstić information content (AvgIpc) is 2.78. The van der Waals surface area contributed by atoms with Crippen LogP contribution in [0.3, 0.4) is 0 Å². The van der Waals surface area contributed by atoms with Gasteiger partial charge in [0.1, 0.15) is 4.88 Å². The van der Waals surface area contributed by atoms with Crippen molar-refractivity contribution in [2.45, 2.75) is 6.42 Å². The molecule has 0 spiro atoms. The lowest BCUT2D eigenvalue weighted by Crippen LogP contribution is -1.96. The summed E-state index contributed by atoms with van der Waals surface area (Å²) in [6.07, 6.45) is 0.864. The zero-order valence-corrected chi connectivity index (χ0v) is 9.79. The van der Waals surface area contributed by atoms with Gasteiger partial charge in [0.05, 0.1) is 7.11 Å². The van der Waals surface area contributed by atoms with Crippen molar-refractivity contribution in [3.05, 3.63) is 57.8 Å². The Kier molecular flexibility index (Phi) is 3.37. The molecule has 0 amide bonds. The summed E-state index contributed by atoms with van der Waals surface area (Å²) in [6, 6.07) is 14.0. The maximum absolute atomic E-state index is 11.3. The van der Waals surface area contributed by atoms with Gasteiger partial charge in [-0.3, -0.25) is 0 Å². The van der Waals surface area contributed by atoms with Crippen molar-refractivity contribution in [3.63, 3.8) is 0 Å². The van der Waals surface area contributed by atoms with Gasteiger partial charge in [-0.05, 0) is 17.7 Å². The molecule has 16 heavy (non-hydrogen) atoms. The molecular weight excluding hydrogens is 220 g/mol. The summed E-state index contributed by atoms with van der Waals surface area (Å²) >= 11 is 1.49. The van der Waals surface area contributed by atoms with Gasteiger partial charge in [-0.25, -0.2) is 4.79 Å². The van der Waals surface area contributed by atoms with Crippen molar-refractivity contribution in [2.24, 2.45) is 0 Å². The maximum Gasteiger partial charge on any atom is 0.348 e. The first-order valence-corrected chi connectivity index (χ1v) is 5.82. The highest BCUT2D eigenvalue weighted by molar-refractivity contribution is 7.13. The Labute approximate surface area is 98.5 Å². The largest absolute Gasteiger partial charge is 0.465 e. The van der Waals surface area contributed by atoms with Crippen LogP contribution < -0.4 is 0 Å². The Morgan fingerprint density at radius 2 is 1.94 bits per heavy atom. The molecule has 1 heterocycles. The highest BCUT2D eigenvalue weighted by Crippen LogP contribution is 2.20. The van der Waals surface area contributed by atoms with E-state index in [1.165, 1.54) is 28.9 Å². The molecule has 2 rings (SSSR count). The predicted octanol–water partition coefficient (Wildman–Crippen LogP) is 3.13. The summed E-state index contributed by atoms with van der Waals surface area (Å²) in [7, 11) is 1.40. The van der Waals surface area contributed by atoms with Gasteiger partial charge >= 0.3 is 5.97 Å². The predicted molar refractivity (Wildman–Crippen MR) is 64.9 cm³/mol. The van der Waals surface area contributed by atoms with Gasteiger partial charge in [-0.15, -0.1) is 11.3 Å². The number of benzene rings is 1. The molecule has 0 unspecified atom stereocenters. The molecule has 0 fully saturated rings. The molecule has 2 aromatic rings. The Morgan fingerprint density at radius 3 is 2.62 bits per heavy atom. The number of hydrogen-bond donors (Lipinski definition) is 0. The second-order valence-corrected chi connectivity index (χ2v) is 4.59. The van der Waals surface area contributed by atoms with Crippen LogP contribution in [0.25, 0.3) is 0 Å². The van der Waals surface area contributed by atoms with Gasteiger partial charge < -0.3 is 4.74 Å². The third kappa shape index (κ3) is 2.49. The average molecular weight is 232 g/mol. The van der Waals surface area contributed by atoms with Gasteiger partial charge in [0.2, 0.25) is 0 Å². The van der Waals surface area contributed by atoms with Gasteiger partial charge in [-0.2, -0.15) is 0 Å². The number of thiophene rings is 1. The van der Waals surface area contributed by atoms with Crippen LogP contribution in [0, 0.1) is 0 Å². The van der Waals surface area contributed by atoms with E-state index in [0.29, 0.717) is 4.88 Å². The van der Waals surface area contributed by atoms with E-state index in [4.69, 9.17) is 0 Å². The number of carbonyl (C=O) groups is 1. The number of rotatable bonds is 3. The summed E-state index contributed by atoms with van der Waals surface area (Å²) < 4.78 is 4.67. The van der Waals surface area contributed by atoms with Crippen molar-refractivity contribution in [2.75, 3.05) is 7.11 Å². The number of esters is 1. The van der Waals surface area contributed by atoms with Gasteiger partial charge in [0.15, 0.2) is 0 Å². The van der Waals surface area contributed by atoms with E-state index < -0.39 is 0 Å². The van der Waals surface area contributed by atoms with Crippen LogP contribution in [0.4, 0.5) is 0 Å². The Bertz CT molecular complexity index is 474. The fourth-order valence-electron chi connectivity index (χ4n) is 1.48. The van der Waals surface area contributed by atoms with Gasteiger partial charge in [0, 0.05) is 11.3 Å². The molecule has 2 nitrogen and oxygen atoms in total. The number of carbonyl (C=O) groups excluding carboxylic acids is 1. The van der Waals surface area contributed by atoms with Crippen LogP contribution in [-0.4, -0.2) is 13.1 Å². The van der Waals surface area contributed by atoms with E-state index >= 15 is 0 Å². The summed E-state index contributed by atoms with van der Waals surface area (Å²) in [5.74, 6) is -0.260. The number of hydrogen-bond acceptors (Lipinski definition) is 3. The molecule has 0 radical (unpaired) electrons. The smallest absolute Gasteiger partial charge is 0.348 e. The minimum absolute atomic E-state index is 0.260. The topological polar surface area (TPSA) is 26.3 Å². The highest BCUT2D eigenvalue weighted by Gasteiger charge is 2.08. The Hall–Kier alpha value is -1.61. The highest BCUT2D eigenvalue weighted by atomic mass is 32.1. The summed E-state index contributed by atoms with van der Waals surface area (Å²) in [5, 5.41) is 0. The van der Waals surface area contributed by atoms with E-state index in [9.17, 15) is 4.79 Å². The molecule has 82 valence electrons. The quantitative estimate of drug-likeness (QED) is 0.760. The van der Waals surface area contributed by atoms with Crippen LogP contribution in [0.5, 0.6) is 0 Å². The number of methoxy groups -OCH3 is 1. The minimum atomic E-state index is -0.260. The van der Waals surface area contributed by atoms with Crippen LogP contribution in [0.1, 0.15) is 20.1 Å². The van der Waals surface area contributed by atoms with Crippen molar-refractivity contribution in [3.8, 4) is 0 Å². The lowest BCUT2D eigenvalue weighted by molar-refractivity contribution is 0.0606. The van der Waals surface area contributed by atoms with Crippen molar-refractivity contribution in [1.82, 2.24) is 0 Å². The molecule has 0 bridgehead atoms. The fourth-order valence-corrected chi connectivity index (χ4v) is 2.44. The van der Waals surface area contributed by atoms with Crippen LogP contribution >= 0.6 is 11.3 Å². The third-order valence-corrected chi connectivity index (χ3v) is 3.33. The zero-order valence-electron chi connectivity index (χ0n) is 8.97. The first-order chi connectivity index (χ1) is 7.79. The summed E-state index contributed by atoms with van der Waals surface area (Å²) in [5.41, 5.74) is 1.25. The first-order valence-electron chi connectivity index (χ1n) is 5.00. The standard InChI is InChI=1S/C13H12O2S/c1-15-13(14)12-8-7-11(16-12)9-10-5-3-2-4-6-10/h2-8H,9H2,1H3. The van der Waals surface area contributed by atoms with E-state index in [1.54, 1.807) is 0 Å². The Balaban J connectivity index is 2.12. The SMILES string of the molecule is COC(=O)c1ccc(Cc2ccccc2)s1. The normalized spacial score (nSPS) is 10.1. The molecule has 0 atom stereocenters. The Morgan fingerprint density at radius 1 is 1.19 bits per heavy atom. The molecule has 0 saturated heterocycles. The van der Waals surface area contributed by atoms with E-state index in [1.807, 2.05) is 30.3 Å². The van der Waals surface area contributed by atoms with E-state index in [2.05, 4.69) is 16.9 Å². The lowest BCUT2D eigenvalue weighted by Gasteiger charge is -1.97. The van der Waals surface area contributed by atoms with Gasteiger partial charge in [0.25, 0.3) is 0 Å². The molecular formula is C13H12O2S. The monoisotopic (exact) mass is 232 g/mol. The van der Waals surface area contributed by atoms with Crippen molar-refractivity contribution < 1.29 is 9.53 Å². The van der Waals surface area contributed by atoms with E-state index in [0.717, 1.165) is 6.42 Å². The minimum Gasteiger partial charge on any atom is -0.465 e. The second-order valence-electron chi connectivity index (χ2n) is 3.42. The second kappa shape index (κ2) is 4.94. The molecule has 0 N–H and O–H groups in total. The molecule has 1 aromatic heterocycles. The van der Waals surface area contributed by atoms with Gasteiger partial charge in [-0.1, -0.05) is 30.3 Å². The fraction of sp³-hybridized carbons (Fsp3) is 0.154. The molecule has 0 saturated carbocycles. The molecule has 0 aliphatic carbocycles. The summed E-state index contributed by atoms with van der Waals surface area (Å²) in [4.78, 5) is 13.1. The maximum atomic E-state index is 11.3.